The van der Waals surface area contributed by atoms with Crippen LogP contribution in [0.25, 0.3) is 0 Å². The highest BCUT2D eigenvalue weighted by Crippen LogP contribution is 2.25. The van der Waals surface area contributed by atoms with Crippen LogP contribution in [0.2, 0.25) is 0 Å². The molecule has 0 aliphatic heterocycles. The Labute approximate surface area is 112 Å². The highest BCUT2D eigenvalue weighted by molar-refractivity contribution is 8.01. The molecule has 1 aromatic heterocycles. The van der Waals surface area contributed by atoms with Crippen molar-refractivity contribution >= 4 is 44.4 Å². The summed E-state index contributed by atoms with van der Waals surface area (Å²) in [5.41, 5.74) is 0. The molecule has 0 amide bonds. The second-order valence-electron chi connectivity index (χ2n) is 3.43. The van der Waals surface area contributed by atoms with Gasteiger partial charge in [0.05, 0.1) is 5.75 Å². The van der Waals surface area contributed by atoms with Crippen molar-refractivity contribution in [3.05, 3.63) is 0 Å². The lowest BCUT2D eigenvalue weighted by molar-refractivity contribution is -0.133. The summed E-state index contributed by atoms with van der Waals surface area (Å²) in [6.07, 6.45) is 0. The van der Waals surface area contributed by atoms with Gasteiger partial charge in [0.15, 0.2) is 4.34 Å². The maximum atomic E-state index is 11.5. The molecule has 102 valence electrons. The van der Waals surface area contributed by atoms with Gasteiger partial charge < -0.3 is 5.11 Å². The second-order valence-corrected chi connectivity index (χ2v) is 7.08. The molecule has 0 aromatic carbocycles. The van der Waals surface area contributed by atoms with Crippen LogP contribution in [-0.4, -0.2) is 41.5 Å². The lowest BCUT2D eigenvalue weighted by Gasteiger charge is -2.08. The first-order valence-corrected chi connectivity index (χ1v) is 8.05. The molecule has 0 fully saturated rings. The minimum absolute atomic E-state index is 0.0936. The zero-order valence-electron chi connectivity index (χ0n) is 9.58. The number of carboxylic acids is 1. The smallest absolute Gasteiger partial charge is 0.313 e. The molecule has 8 nitrogen and oxygen atoms in total. The van der Waals surface area contributed by atoms with E-state index in [9.17, 15) is 13.2 Å². The van der Waals surface area contributed by atoms with Gasteiger partial charge in [-0.05, 0) is 13.8 Å². The molecule has 0 atom stereocenters. The van der Waals surface area contributed by atoms with Crippen molar-refractivity contribution in [1.29, 1.82) is 0 Å². The molecular weight excluding hydrogens is 300 g/mol. The largest absolute Gasteiger partial charge is 0.481 e. The Morgan fingerprint density at radius 3 is 2.72 bits per heavy atom. The number of hydrogen-bond donors (Lipinski definition) is 3. The average Bonchev–Trinajstić information content (AvgIpc) is 2.59. The maximum absolute atomic E-state index is 11.5. The Morgan fingerprint density at radius 2 is 2.17 bits per heavy atom. The number of nitrogens with one attached hydrogen (secondary N) is 2. The summed E-state index contributed by atoms with van der Waals surface area (Å²) in [6, 6.07) is -0.240. The molecule has 0 aliphatic carbocycles. The van der Waals surface area contributed by atoms with Gasteiger partial charge in [-0.2, -0.15) is 13.1 Å². The van der Waals surface area contributed by atoms with E-state index in [1.165, 1.54) is 0 Å². The average molecular weight is 312 g/mol. The van der Waals surface area contributed by atoms with E-state index in [1.807, 2.05) is 0 Å². The number of rotatable bonds is 7. The predicted octanol–water partition coefficient (Wildman–Crippen LogP) is 0.369. The number of carbonyl (C=O) groups is 1. The summed E-state index contributed by atoms with van der Waals surface area (Å²) in [4.78, 5) is 10.3. The Kier molecular flexibility index (Phi) is 5.31. The standard InChI is InChI=1S/C7H12N4O4S3/c1-4(2)10-18(14,15)11-6-8-9-7(17-6)16-3-5(12)13/h4,10H,3H2,1-2H3,(H,8,11)(H,12,13). The fourth-order valence-electron chi connectivity index (χ4n) is 0.888. The zero-order valence-corrected chi connectivity index (χ0v) is 12.0. The molecule has 11 heteroatoms. The molecule has 0 radical (unpaired) electrons. The summed E-state index contributed by atoms with van der Waals surface area (Å²) in [5, 5.41) is 15.9. The molecule has 3 N–H and O–H groups in total. The zero-order chi connectivity index (χ0) is 13.8. The molecule has 0 saturated carbocycles. The second kappa shape index (κ2) is 6.31. The molecule has 0 saturated heterocycles. The van der Waals surface area contributed by atoms with Crippen LogP contribution in [0, 0.1) is 0 Å². The fourth-order valence-corrected chi connectivity index (χ4v) is 3.66. The van der Waals surface area contributed by atoms with Gasteiger partial charge in [0.2, 0.25) is 5.13 Å². The van der Waals surface area contributed by atoms with E-state index in [4.69, 9.17) is 5.11 Å². The SMILES string of the molecule is CC(C)NS(=O)(=O)Nc1nnc(SCC(=O)O)s1. The number of aliphatic carboxylic acids is 1. The summed E-state index contributed by atoms with van der Waals surface area (Å²) in [5.74, 6) is -1.12. The molecule has 1 aromatic rings. The van der Waals surface area contributed by atoms with Crippen LogP contribution >= 0.6 is 23.1 Å². The molecule has 0 spiro atoms. The van der Waals surface area contributed by atoms with Crippen LogP contribution in [0.5, 0.6) is 0 Å². The highest BCUT2D eigenvalue weighted by atomic mass is 32.2. The first kappa shape index (κ1) is 15.1. The van der Waals surface area contributed by atoms with Crippen molar-refractivity contribution in [3.63, 3.8) is 0 Å². The van der Waals surface area contributed by atoms with Crippen molar-refractivity contribution in [3.8, 4) is 0 Å². The number of thioether (sulfide) groups is 1. The molecule has 0 bridgehead atoms. The lowest BCUT2D eigenvalue weighted by Crippen LogP contribution is -2.35. The van der Waals surface area contributed by atoms with Crippen LogP contribution in [0.3, 0.4) is 0 Å². The summed E-state index contributed by atoms with van der Waals surface area (Å²) < 4.78 is 27.9. The molecule has 1 rings (SSSR count). The van der Waals surface area contributed by atoms with Gasteiger partial charge in [-0.15, -0.1) is 10.2 Å². The summed E-state index contributed by atoms with van der Waals surface area (Å²) >= 11 is 1.96. The quantitative estimate of drug-likeness (QED) is 0.622. The third-order valence-corrected chi connectivity index (χ3v) is 4.67. The van der Waals surface area contributed by atoms with Crippen LogP contribution < -0.4 is 9.44 Å². The van der Waals surface area contributed by atoms with Gasteiger partial charge in [0, 0.05) is 6.04 Å². The monoisotopic (exact) mass is 312 g/mol. The molecule has 1 heterocycles. The number of hydrogen-bond acceptors (Lipinski definition) is 7. The van der Waals surface area contributed by atoms with Gasteiger partial charge in [-0.3, -0.25) is 4.79 Å². The number of aromatic nitrogens is 2. The van der Waals surface area contributed by atoms with Crippen molar-refractivity contribution < 1.29 is 18.3 Å². The first-order chi connectivity index (χ1) is 8.28. The van der Waals surface area contributed by atoms with E-state index in [-0.39, 0.29) is 16.9 Å². The molecule has 18 heavy (non-hydrogen) atoms. The first-order valence-electron chi connectivity index (χ1n) is 4.76. The molecule has 0 aliphatic rings. The van der Waals surface area contributed by atoms with Crippen molar-refractivity contribution in [2.45, 2.75) is 24.2 Å². The van der Waals surface area contributed by atoms with Gasteiger partial charge in [-0.1, -0.05) is 23.1 Å². The minimum Gasteiger partial charge on any atom is -0.481 e. The Hall–Kier alpha value is -0.910. The van der Waals surface area contributed by atoms with Crippen molar-refractivity contribution in [2.75, 3.05) is 10.5 Å². The number of anilines is 1. The van der Waals surface area contributed by atoms with Gasteiger partial charge in [0.25, 0.3) is 0 Å². The van der Waals surface area contributed by atoms with Gasteiger partial charge >= 0.3 is 16.2 Å². The Bertz CT molecular complexity index is 513. The van der Waals surface area contributed by atoms with E-state index >= 15 is 0 Å². The van der Waals surface area contributed by atoms with E-state index in [0.717, 1.165) is 23.1 Å². The normalized spacial score (nSPS) is 11.7. The van der Waals surface area contributed by atoms with E-state index in [0.29, 0.717) is 4.34 Å². The molecular formula is C7H12N4O4S3. The maximum Gasteiger partial charge on any atom is 0.313 e. The summed E-state index contributed by atoms with van der Waals surface area (Å²) in [6.45, 7) is 3.38. The van der Waals surface area contributed by atoms with Crippen LogP contribution in [0.4, 0.5) is 5.13 Å². The Balaban J connectivity index is 2.61. The van der Waals surface area contributed by atoms with Crippen LogP contribution in [0.15, 0.2) is 4.34 Å². The third kappa shape index (κ3) is 5.62. The number of nitrogens with zero attached hydrogens (tertiary/aromatic N) is 2. The summed E-state index contributed by atoms with van der Waals surface area (Å²) in [7, 11) is -3.67. The van der Waals surface area contributed by atoms with Crippen molar-refractivity contribution in [1.82, 2.24) is 14.9 Å². The van der Waals surface area contributed by atoms with Crippen molar-refractivity contribution in [2.24, 2.45) is 0 Å². The van der Waals surface area contributed by atoms with E-state index in [2.05, 4.69) is 19.6 Å². The highest BCUT2D eigenvalue weighted by Gasteiger charge is 2.15. The Morgan fingerprint density at radius 1 is 1.50 bits per heavy atom. The van der Waals surface area contributed by atoms with E-state index in [1.54, 1.807) is 13.8 Å². The topological polar surface area (TPSA) is 121 Å². The lowest BCUT2D eigenvalue weighted by atomic mass is 10.4. The van der Waals surface area contributed by atoms with E-state index < -0.39 is 16.2 Å². The van der Waals surface area contributed by atoms with Crippen LogP contribution in [-0.2, 0) is 15.0 Å². The fraction of sp³-hybridized carbons (Fsp3) is 0.571. The van der Waals surface area contributed by atoms with Crippen LogP contribution in [0.1, 0.15) is 13.8 Å². The molecule has 0 unspecified atom stereocenters. The minimum atomic E-state index is -3.67. The van der Waals surface area contributed by atoms with Gasteiger partial charge in [0.1, 0.15) is 0 Å². The predicted molar refractivity (Wildman–Crippen MR) is 69.1 cm³/mol. The number of carboxylic acid groups (broad SMARTS) is 1. The van der Waals surface area contributed by atoms with Gasteiger partial charge in [-0.25, -0.2) is 4.72 Å². The third-order valence-electron chi connectivity index (χ3n) is 1.34.